The fraction of sp³-hybridized carbons (Fsp3) is 0.483. The molecule has 2 saturated heterocycles. The molecule has 42 heavy (non-hydrogen) atoms. The van der Waals surface area contributed by atoms with Gasteiger partial charge in [0.05, 0.1) is 18.3 Å². The maximum absolute atomic E-state index is 13.4. The first-order valence-electron chi connectivity index (χ1n) is 14.6. The van der Waals surface area contributed by atoms with Crippen molar-refractivity contribution in [1.82, 2.24) is 28.7 Å². The molecule has 222 valence electrons. The summed E-state index contributed by atoms with van der Waals surface area (Å²) in [5.74, 6) is 2.17. The van der Waals surface area contributed by atoms with E-state index < -0.39 is 10.2 Å². The number of ether oxygens (including phenoxy) is 1. The number of rotatable bonds is 6. The highest BCUT2D eigenvalue weighted by atomic mass is 32.2. The summed E-state index contributed by atoms with van der Waals surface area (Å²) in [7, 11) is -0.0757. The molecule has 3 aromatic heterocycles. The number of hydrogen-bond donors (Lipinski definition) is 2. The molecule has 0 unspecified atom stereocenters. The Morgan fingerprint density at radius 1 is 1.12 bits per heavy atom. The van der Waals surface area contributed by atoms with Crippen LogP contribution in [0, 0.1) is 5.92 Å². The van der Waals surface area contributed by atoms with Crippen LogP contribution in [-0.4, -0.2) is 77.7 Å². The third-order valence-corrected chi connectivity index (χ3v) is 10.1. The molecular weight excluding hydrogens is 556 g/mol. The number of carbonyl (C=O) groups excluding carboxylic acids is 1. The highest BCUT2D eigenvalue weighted by Crippen LogP contribution is 2.38. The van der Waals surface area contributed by atoms with Crippen LogP contribution in [0.4, 0.5) is 5.82 Å². The minimum absolute atomic E-state index is 0.0106. The predicted octanol–water partition coefficient (Wildman–Crippen LogP) is 2.62. The Hall–Kier alpha value is -3.68. The molecule has 1 amide bonds. The quantitative estimate of drug-likeness (QED) is 0.351. The van der Waals surface area contributed by atoms with Crippen molar-refractivity contribution in [1.29, 1.82) is 0 Å². The minimum Gasteiger partial charge on any atom is -0.494 e. The second-order valence-electron chi connectivity index (χ2n) is 11.7. The van der Waals surface area contributed by atoms with Gasteiger partial charge in [-0.3, -0.25) is 4.79 Å². The Morgan fingerprint density at radius 2 is 1.95 bits per heavy atom. The Bertz CT molecular complexity index is 1810. The van der Waals surface area contributed by atoms with Crippen molar-refractivity contribution in [3.8, 4) is 17.3 Å². The average molecular weight is 593 g/mol. The van der Waals surface area contributed by atoms with Crippen LogP contribution in [0.1, 0.15) is 42.5 Å². The van der Waals surface area contributed by atoms with Crippen LogP contribution in [0.25, 0.3) is 33.6 Å². The van der Waals surface area contributed by atoms with E-state index in [9.17, 15) is 13.2 Å². The molecule has 7 rings (SSSR count). The number of aromatic nitrogens is 4. The molecule has 4 aromatic rings. The molecule has 0 bridgehead atoms. The number of nitrogens with zero attached hydrogens (tertiary/aromatic N) is 6. The van der Waals surface area contributed by atoms with Gasteiger partial charge in [-0.05, 0) is 68.4 Å². The number of benzene rings is 1. The molecule has 5 heterocycles. The van der Waals surface area contributed by atoms with Crippen LogP contribution in [0.15, 0.2) is 30.3 Å². The summed E-state index contributed by atoms with van der Waals surface area (Å²) in [6.07, 6.45) is 4.81. The fourth-order valence-electron chi connectivity index (χ4n) is 6.24. The van der Waals surface area contributed by atoms with Crippen molar-refractivity contribution in [2.24, 2.45) is 18.7 Å². The van der Waals surface area contributed by atoms with E-state index in [1.807, 2.05) is 28.6 Å². The Balaban J connectivity index is 1.34. The van der Waals surface area contributed by atoms with Crippen LogP contribution in [0.3, 0.4) is 0 Å². The van der Waals surface area contributed by atoms with E-state index in [1.165, 1.54) is 4.31 Å². The number of pyridine rings is 1. The summed E-state index contributed by atoms with van der Waals surface area (Å²) < 4.78 is 39.3. The molecule has 1 saturated carbocycles. The molecule has 12 nitrogen and oxygen atoms in total. The zero-order valence-corrected chi connectivity index (χ0v) is 24.7. The monoisotopic (exact) mass is 592 g/mol. The molecule has 2 aliphatic heterocycles. The topological polar surface area (TPSA) is 141 Å². The van der Waals surface area contributed by atoms with Gasteiger partial charge in [0.2, 0.25) is 0 Å². The number of aryl methyl sites for hydroxylation is 1. The Morgan fingerprint density at radius 3 is 2.69 bits per heavy atom. The van der Waals surface area contributed by atoms with Gasteiger partial charge in [-0.15, -0.1) is 0 Å². The highest BCUT2D eigenvalue weighted by molar-refractivity contribution is 7.90. The Kier molecular flexibility index (Phi) is 6.63. The number of nitrogens with two attached hydrogens (primary N) is 1. The van der Waals surface area contributed by atoms with Crippen LogP contribution < -0.4 is 19.5 Å². The first-order chi connectivity index (χ1) is 20.2. The summed E-state index contributed by atoms with van der Waals surface area (Å²) >= 11 is 0. The third-order valence-electron chi connectivity index (χ3n) is 8.61. The van der Waals surface area contributed by atoms with E-state index in [4.69, 9.17) is 20.4 Å². The number of hydrogen-bond acceptors (Lipinski definition) is 7. The zero-order chi connectivity index (χ0) is 29.2. The van der Waals surface area contributed by atoms with E-state index >= 15 is 0 Å². The lowest BCUT2D eigenvalue weighted by Gasteiger charge is -2.30. The first-order valence-corrected chi connectivity index (χ1v) is 16.0. The second-order valence-corrected chi connectivity index (χ2v) is 13.4. The van der Waals surface area contributed by atoms with Crippen molar-refractivity contribution in [2.45, 2.75) is 44.7 Å². The number of imidazole rings is 1. The van der Waals surface area contributed by atoms with Gasteiger partial charge >= 0.3 is 10.2 Å². The molecule has 13 heteroatoms. The molecule has 3 fully saturated rings. The van der Waals surface area contributed by atoms with Crippen LogP contribution in [0.2, 0.25) is 0 Å². The molecular formula is C29H36N8O4S. The number of amides is 1. The number of likely N-dealkylation sites (tertiary alicyclic amines) is 1. The lowest BCUT2D eigenvalue weighted by molar-refractivity contribution is 0.0708. The van der Waals surface area contributed by atoms with E-state index in [0.717, 1.165) is 60.3 Å². The van der Waals surface area contributed by atoms with Gasteiger partial charge in [0, 0.05) is 56.8 Å². The second kappa shape index (κ2) is 10.2. The van der Waals surface area contributed by atoms with Crippen molar-refractivity contribution >= 4 is 44.0 Å². The van der Waals surface area contributed by atoms with Gasteiger partial charge in [0.1, 0.15) is 22.7 Å². The molecule has 3 N–H and O–H groups in total. The third kappa shape index (κ3) is 4.69. The van der Waals surface area contributed by atoms with Gasteiger partial charge in [-0.1, -0.05) is 0 Å². The van der Waals surface area contributed by atoms with Crippen molar-refractivity contribution in [3.05, 3.63) is 35.9 Å². The van der Waals surface area contributed by atoms with Gasteiger partial charge < -0.3 is 24.5 Å². The average Bonchev–Trinajstić information content (AvgIpc) is 3.65. The predicted molar refractivity (Wildman–Crippen MR) is 161 cm³/mol. The van der Waals surface area contributed by atoms with Crippen LogP contribution in [-0.2, 0) is 23.8 Å². The molecule has 3 aliphatic rings. The molecule has 1 aliphatic carbocycles. The maximum Gasteiger partial charge on any atom is 0.302 e. The number of nitrogens with one attached hydrogen (secondary N) is 1. The first kappa shape index (κ1) is 27.2. The lowest BCUT2D eigenvalue weighted by atomic mass is 10.0. The minimum atomic E-state index is -3.63. The fourth-order valence-corrected chi connectivity index (χ4v) is 7.52. The van der Waals surface area contributed by atoms with Crippen molar-refractivity contribution in [3.63, 3.8) is 0 Å². The molecule has 0 radical (unpaired) electrons. The molecule has 1 aromatic carbocycles. The van der Waals surface area contributed by atoms with Gasteiger partial charge in [-0.25, -0.2) is 14.3 Å². The number of fused-ring (bicyclic) bond motifs is 2. The number of anilines is 1. The summed E-state index contributed by atoms with van der Waals surface area (Å²) in [5, 5.41) is 0.910. The SMILES string of the molecule is COc1cc(C(=O)N2CCC[C@@H](N)C2)cc2nc(-c3cc4ccc(N5CCCNS5(=O)=O)nc4n3CC3CC3)n(C)c12. The number of piperidine rings is 1. The highest BCUT2D eigenvalue weighted by Gasteiger charge is 2.30. The number of methoxy groups -OCH3 is 1. The maximum atomic E-state index is 13.4. The number of carbonyl (C=O) groups is 1. The van der Waals surface area contributed by atoms with Crippen molar-refractivity contribution in [2.75, 3.05) is 37.6 Å². The van der Waals surface area contributed by atoms with E-state index in [2.05, 4.69) is 15.4 Å². The van der Waals surface area contributed by atoms with E-state index in [1.54, 1.807) is 19.2 Å². The summed E-state index contributed by atoms with van der Waals surface area (Å²) in [6.45, 7) is 2.81. The summed E-state index contributed by atoms with van der Waals surface area (Å²) in [5.41, 5.74) is 9.75. The lowest BCUT2D eigenvalue weighted by Crippen LogP contribution is -2.47. The van der Waals surface area contributed by atoms with Gasteiger partial charge in [0.15, 0.2) is 5.82 Å². The zero-order valence-electron chi connectivity index (χ0n) is 23.9. The summed E-state index contributed by atoms with van der Waals surface area (Å²) in [6, 6.07) is 9.37. The molecule has 0 spiro atoms. The molecule has 1 atom stereocenters. The van der Waals surface area contributed by atoms with E-state index in [-0.39, 0.29) is 11.9 Å². The van der Waals surface area contributed by atoms with Gasteiger partial charge in [0.25, 0.3) is 5.91 Å². The normalized spacial score (nSPS) is 20.9. The largest absolute Gasteiger partial charge is 0.494 e. The standard InChI is InChI=1S/C29H36N8O4S/c1-34-26-22(13-20(15-24(26)41-2)29(38)35-11-3-5-21(30)17-35)32-28(34)23-14-19-8-9-25(37-12-4-10-31-42(37,39)40)33-27(19)36(23)16-18-6-7-18/h8-9,13-15,18,21,31H,3-7,10-12,16-17,30H2,1-2H3/t21-/m1/s1. The summed E-state index contributed by atoms with van der Waals surface area (Å²) in [4.78, 5) is 25.2. The smallest absolute Gasteiger partial charge is 0.302 e. The van der Waals surface area contributed by atoms with Crippen LogP contribution in [0.5, 0.6) is 5.75 Å². The van der Waals surface area contributed by atoms with Gasteiger partial charge in [-0.2, -0.15) is 13.1 Å². The van der Waals surface area contributed by atoms with Crippen molar-refractivity contribution < 1.29 is 17.9 Å². The Labute approximate surface area is 244 Å². The van der Waals surface area contributed by atoms with E-state index in [0.29, 0.717) is 61.2 Å². The van der Waals surface area contributed by atoms with Crippen LogP contribution >= 0.6 is 0 Å².